The van der Waals surface area contributed by atoms with Gasteiger partial charge in [-0.3, -0.25) is 9.79 Å². The molecule has 1 aliphatic heterocycles. The number of rotatable bonds is 6. The van der Waals surface area contributed by atoms with Gasteiger partial charge in [0.2, 0.25) is 5.91 Å². The average molecular weight is 359 g/mol. The molecule has 0 aromatic heterocycles. The fourth-order valence-electron chi connectivity index (χ4n) is 3.55. The van der Waals surface area contributed by atoms with Gasteiger partial charge in [-0.05, 0) is 57.1 Å². The van der Waals surface area contributed by atoms with E-state index in [1.165, 1.54) is 16.7 Å². The van der Waals surface area contributed by atoms with E-state index in [-0.39, 0.29) is 5.91 Å². The maximum absolute atomic E-state index is 11.6. The van der Waals surface area contributed by atoms with Gasteiger partial charge >= 0.3 is 0 Å². The zero-order valence-electron chi connectivity index (χ0n) is 16.8. The molecular weight excluding hydrogens is 324 g/mol. The van der Waals surface area contributed by atoms with E-state index in [0.29, 0.717) is 12.3 Å². The van der Waals surface area contributed by atoms with Gasteiger partial charge in [0.05, 0.1) is 0 Å². The van der Waals surface area contributed by atoms with Crippen LogP contribution in [0, 0.1) is 19.8 Å². The molecule has 0 radical (unpaired) electrons. The highest BCUT2D eigenvalue weighted by Gasteiger charge is 2.22. The monoisotopic (exact) mass is 358 g/mol. The molecule has 1 aromatic carbocycles. The Labute approximate surface area is 158 Å². The summed E-state index contributed by atoms with van der Waals surface area (Å²) < 4.78 is 0. The van der Waals surface area contributed by atoms with E-state index in [4.69, 9.17) is 4.99 Å². The number of benzene rings is 1. The number of nitrogens with zero attached hydrogens (tertiary/aromatic N) is 2. The SMILES string of the molecule is CCNC(=NCCc1ccc(C)cc1C)N1CCC(CC(=O)NC)CC1. The molecule has 5 heteroatoms. The summed E-state index contributed by atoms with van der Waals surface area (Å²) in [5.74, 6) is 1.65. The fraction of sp³-hybridized carbons (Fsp3) is 0.619. The minimum atomic E-state index is 0.150. The predicted octanol–water partition coefficient (Wildman–Crippen LogP) is 2.66. The van der Waals surface area contributed by atoms with Crippen LogP contribution in [0.5, 0.6) is 0 Å². The Bertz CT molecular complexity index is 618. The first-order valence-corrected chi connectivity index (χ1v) is 9.83. The summed E-state index contributed by atoms with van der Waals surface area (Å²) in [6, 6.07) is 6.63. The highest BCUT2D eigenvalue weighted by atomic mass is 16.1. The maximum Gasteiger partial charge on any atom is 0.220 e. The quantitative estimate of drug-likeness (QED) is 0.607. The molecular formula is C21H34N4O. The number of aryl methyl sites for hydroxylation is 2. The number of guanidine groups is 1. The van der Waals surface area contributed by atoms with Gasteiger partial charge in [-0.25, -0.2) is 0 Å². The number of piperidine rings is 1. The number of likely N-dealkylation sites (tertiary alicyclic amines) is 1. The smallest absolute Gasteiger partial charge is 0.220 e. The lowest BCUT2D eigenvalue weighted by Gasteiger charge is -2.34. The lowest BCUT2D eigenvalue weighted by atomic mass is 9.93. The first-order chi connectivity index (χ1) is 12.5. The molecule has 2 N–H and O–H groups in total. The van der Waals surface area contributed by atoms with Crippen molar-refractivity contribution in [2.24, 2.45) is 10.9 Å². The van der Waals surface area contributed by atoms with Crippen LogP contribution < -0.4 is 10.6 Å². The molecule has 0 atom stereocenters. The second kappa shape index (κ2) is 10.2. The molecule has 0 bridgehead atoms. The van der Waals surface area contributed by atoms with E-state index < -0.39 is 0 Å². The van der Waals surface area contributed by atoms with E-state index in [0.717, 1.165) is 51.4 Å². The van der Waals surface area contributed by atoms with Gasteiger partial charge in [0, 0.05) is 39.6 Å². The van der Waals surface area contributed by atoms with Crippen molar-refractivity contribution in [3.8, 4) is 0 Å². The van der Waals surface area contributed by atoms with Crippen molar-refractivity contribution in [2.75, 3.05) is 33.2 Å². The Hall–Kier alpha value is -2.04. The van der Waals surface area contributed by atoms with Crippen LogP contribution in [0.25, 0.3) is 0 Å². The van der Waals surface area contributed by atoms with Crippen molar-refractivity contribution in [3.05, 3.63) is 34.9 Å². The number of hydrogen-bond donors (Lipinski definition) is 2. The van der Waals surface area contributed by atoms with Crippen LogP contribution in [0.3, 0.4) is 0 Å². The molecule has 0 spiro atoms. The Kier molecular flexibility index (Phi) is 7.95. The van der Waals surface area contributed by atoms with E-state index in [1.54, 1.807) is 7.05 Å². The first kappa shape index (κ1) is 20.3. The number of carbonyl (C=O) groups is 1. The van der Waals surface area contributed by atoms with Crippen molar-refractivity contribution in [3.63, 3.8) is 0 Å². The van der Waals surface area contributed by atoms with Crippen LogP contribution in [0.4, 0.5) is 0 Å². The van der Waals surface area contributed by atoms with Crippen LogP contribution in [0.1, 0.15) is 42.9 Å². The van der Waals surface area contributed by atoms with Crippen LogP contribution in [0.15, 0.2) is 23.2 Å². The predicted molar refractivity (Wildman–Crippen MR) is 109 cm³/mol. The zero-order valence-corrected chi connectivity index (χ0v) is 16.8. The average Bonchev–Trinajstić information content (AvgIpc) is 2.63. The molecule has 1 amide bonds. The number of hydrogen-bond acceptors (Lipinski definition) is 2. The fourth-order valence-corrected chi connectivity index (χ4v) is 3.55. The normalized spacial score (nSPS) is 15.8. The largest absolute Gasteiger partial charge is 0.359 e. The summed E-state index contributed by atoms with van der Waals surface area (Å²) in [5.41, 5.74) is 4.03. The second-order valence-corrected chi connectivity index (χ2v) is 7.22. The van der Waals surface area contributed by atoms with Gasteiger partial charge in [-0.1, -0.05) is 23.8 Å². The number of aliphatic imine (C=N–C) groups is 1. The summed E-state index contributed by atoms with van der Waals surface area (Å²) in [5, 5.41) is 6.16. The van der Waals surface area contributed by atoms with E-state index in [1.807, 2.05) is 0 Å². The highest BCUT2D eigenvalue weighted by Crippen LogP contribution is 2.20. The van der Waals surface area contributed by atoms with Crippen molar-refractivity contribution in [1.82, 2.24) is 15.5 Å². The Morgan fingerprint density at radius 2 is 2.00 bits per heavy atom. The number of carbonyl (C=O) groups excluding carboxylic acids is 1. The molecule has 1 fully saturated rings. The Balaban J connectivity index is 1.89. The van der Waals surface area contributed by atoms with Gasteiger partial charge < -0.3 is 15.5 Å². The standard InChI is InChI=1S/C21H34N4O/c1-5-23-21(24-11-8-19-7-6-16(2)14-17(19)3)25-12-9-18(10-13-25)15-20(26)22-4/h6-7,14,18H,5,8-13,15H2,1-4H3,(H,22,26)(H,23,24). The summed E-state index contributed by atoms with van der Waals surface area (Å²) in [6.45, 7) is 10.0. The van der Waals surface area contributed by atoms with Crippen LogP contribution in [-0.2, 0) is 11.2 Å². The Morgan fingerprint density at radius 3 is 2.62 bits per heavy atom. The molecule has 2 rings (SSSR count). The van der Waals surface area contributed by atoms with Crippen molar-refractivity contribution >= 4 is 11.9 Å². The lowest BCUT2D eigenvalue weighted by Crippen LogP contribution is -2.46. The van der Waals surface area contributed by atoms with Gasteiger partial charge in [0.15, 0.2) is 5.96 Å². The maximum atomic E-state index is 11.6. The summed E-state index contributed by atoms with van der Waals surface area (Å²) >= 11 is 0. The molecule has 1 saturated heterocycles. The minimum Gasteiger partial charge on any atom is -0.359 e. The van der Waals surface area contributed by atoms with Crippen molar-refractivity contribution < 1.29 is 4.79 Å². The highest BCUT2D eigenvalue weighted by molar-refractivity contribution is 5.80. The van der Waals surface area contributed by atoms with Crippen LogP contribution in [-0.4, -0.2) is 50.0 Å². The number of nitrogens with one attached hydrogen (secondary N) is 2. The topological polar surface area (TPSA) is 56.7 Å². The molecule has 0 aliphatic carbocycles. The van der Waals surface area contributed by atoms with Gasteiger partial charge in [-0.15, -0.1) is 0 Å². The molecule has 1 aliphatic rings. The van der Waals surface area contributed by atoms with E-state index >= 15 is 0 Å². The number of amides is 1. The van der Waals surface area contributed by atoms with Gasteiger partial charge in [0.1, 0.15) is 0 Å². The molecule has 1 aromatic rings. The van der Waals surface area contributed by atoms with E-state index in [2.05, 4.69) is 54.5 Å². The van der Waals surface area contributed by atoms with Crippen LogP contribution >= 0.6 is 0 Å². The second-order valence-electron chi connectivity index (χ2n) is 7.22. The third-order valence-corrected chi connectivity index (χ3v) is 5.14. The third kappa shape index (κ3) is 6.04. The molecule has 5 nitrogen and oxygen atoms in total. The van der Waals surface area contributed by atoms with Gasteiger partial charge in [-0.2, -0.15) is 0 Å². The first-order valence-electron chi connectivity index (χ1n) is 9.83. The van der Waals surface area contributed by atoms with Gasteiger partial charge in [0.25, 0.3) is 0 Å². The third-order valence-electron chi connectivity index (χ3n) is 5.14. The zero-order chi connectivity index (χ0) is 18.9. The minimum absolute atomic E-state index is 0.150. The summed E-state index contributed by atoms with van der Waals surface area (Å²) in [7, 11) is 1.71. The lowest BCUT2D eigenvalue weighted by molar-refractivity contribution is -0.121. The van der Waals surface area contributed by atoms with Crippen molar-refractivity contribution in [1.29, 1.82) is 0 Å². The molecule has 144 valence electrons. The van der Waals surface area contributed by atoms with E-state index in [9.17, 15) is 4.79 Å². The Morgan fingerprint density at radius 1 is 1.27 bits per heavy atom. The summed E-state index contributed by atoms with van der Waals surface area (Å²) in [4.78, 5) is 18.8. The molecule has 0 saturated carbocycles. The molecule has 1 heterocycles. The molecule has 0 unspecified atom stereocenters. The van der Waals surface area contributed by atoms with Crippen LogP contribution in [0.2, 0.25) is 0 Å². The summed E-state index contributed by atoms with van der Waals surface area (Å²) in [6.07, 6.45) is 3.71. The molecule has 26 heavy (non-hydrogen) atoms. The van der Waals surface area contributed by atoms with Crippen molar-refractivity contribution in [2.45, 2.75) is 46.5 Å².